The molecule has 11 heteroatoms. The van der Waals surface area contributed by atoms with E-state index in [4.69, 9.17) is 28.1 Å². The molecule has 2 N–H and O–H groups in total. The van der Waals surface area contributed by atoms with Gasteiger partial charge in [0.05, 0.1) is 17.5 Å². The summed E-state index contributed by atoms with van der Waals surface area (Å²) in [5.74, 6) is 0. The number of hydrazine groups is 1. The number of nitrogens with one attached hydrogen (secondary N) is 2. The van der Waals surface area contributed by atoms with Crippen LogP contribution in [0.25, 0.3) is 0 Å². The van der Waals surface area contributed by atoms with Gasteiger partial charge in [-0.05, 0) is 62.2 Å². The predicted octanol–water partition coefficient (Wildman–Crippen LogP) is 4.29. The van der Waals surface area contributed by atoms with Crippen LogP contribution in [0.4, 0.5) is 4.79 Å². The van der Waals surface area contributed by atoms with E-state index >= 15 is 0 Å². The lowest BCUT2D eigenvalue weighted by atomic mass is 9.97. The monoisotopic (exact) mass is 528 g/mol. The van der Waals surface area contributed by atoms with E-state index in [1.165, 1.54) is 4.42 Å². The Morgan fingerprint density at radius 3 is 2.44 bits per heavy atom. The number of hydrogen-bond acceptors (Lipinski definition) is 6. The highest BCUT2D eigenvalue weighted by molar-refractivity contribution is 7.89. The second kappa shape index (κ2) is 10.8. The Bertz CT molecular complexity index is 1120. The summed E-state index contributed by atoms with van der Waals surface area (Å²) in [5.41, 5.74) is 3.81. The molecular formula is C23H30Cl2N4O4S. The van der Waals surface area contributed by atoms with E-state index < -0.39 is 33.3 Å². The fourth-order valence-corrected chi connectivity index (χ4v) is 5.25. The number of nitrogens with zero attached hydrogens (tertiary/aromatic N) is 2. The van der Waals surface area contributed by atoms with Gasteiger partial charge in [0, 0.05) is 13.1 Å². The number of hydrogen-bond donors (Lipinski definition) is 2. The van der Waals surface area contributed by atoms with Gasteiger partial charge in [-0.1, -0.05) is 42.5 Å². The number of sulfonamides is 1. The van der Waals surface area contributed by atoms with Gasteiger partial charge in [0.15, 0.2) is 0 Å². The maximum Gasteiger partial charge on any atom is 0.410 e. The predicted molar refractivity (Wildman–Crippen MR) is 133 cm³/mol. The molecule has 2 atom stereocenters. The lowest BCUT2D eigenvalue weighted by Crippen LogP contribution is -2.52. The summed E-state index contributed by atoms with van der Waals surface area (Å²) in [6.07, 6.45) is -0.490. The van der Waals surface area contributed by atoms with E-state index in [1.54, 1.807) is 56.9 Å². The Morgan fingerprint density at radius 2 is 1.76 bits per heavy atom. The van der Waals surface area contributed by atoms with Crippen molar-refractivity contribution in [2.24, 2.45) is 0 Å². The zero-order valence-electron chi connectivity index (χ0n) is 19.6. The van der Waals surface area contributed by atoms with Crippen molar-refractivity contribution in [2.75, 3.05) is 13.1 Å². The van der Waals surface area contributed by atoms with Crippen molar-refractivity contribution in [3.05, 3.63) is 65.2 Å². The molecule has 1 aliphatic heterocycles. The number of ether oxygens (including phenoxy) is 1. The van der Waals surface area contributed by atoms with E-state index in [-0.39, 0.29) is 24.5 Å². The molecule has 0 aromatic heterocycles. The molecule has 0 radical (unpaired) electrons. The van der Waals surface area contributed by atoms with Gasteiger partial charge in [0.1, 0.15) is 11.1 Å². The molecule has 8 nitrogen and oxygen atoms in total. The number of benzene rings is 2. The van der Waals surface area contributed by atoms with Crippen LogP contribution >= 0.6 is 23.4 Å². The normalized spacial score (nSPS) is 19.8. The van der Waals surface area contributed by atoms with Gasteiger partial charge in [-0.3, -0.25) is 4.90 Å². The number of alkyl halides is 1. The molecule has 2 aromatic carbocycles. The van der Waals surface area contributed by atoms with Crippen LogP contribution in [-0.2, 0) is 21.3 Å². The summed E-state index contributed by atoms with van der Waals surface area (Å²) in [6.45, 7) is 7.77. The molecule has 0 saturated carbocycles. The third-order valence-corrected chi connectivity index (χ3v) is 7.58. The van der Waals surface area contributed by atoms with Crippen LogP contribution < -0.4 is 10.3 Å². The summed E-state index contributed by atoms with van der Waals surface area (Å²) < 4.78 is 32.5. The highest BCUT2D eigenvalue weighted by Crippen LogP contribution is 2.33. The maximum absolute atomic E-state index is 13.0. The Labute approximate surface area is 211 Å². The quantitative estimate of drug-likeness (QED) is 0.251. The van der Waals surface area contributed by atoms with Crippen LogP contribution in [0, 0.1) is 6.92 Å². The maximum atomic E-state index is 13.0. The molecule has 0 spiro atoms. The number of amides is 1. The first-order chi connectivity index (χ1) is 15.9. The molecule has 0 aliphatic carbocycles. The van der Waals surface area contributed by atoms with Gasteiger partial charge in [-0.15, -0.1) is 16.4 Å². The Hall–Kier alpha value is -1.88. The van der Waals surface area contributed by atoms with Crippen molar-refractivity contribution in [3.63, 3.8) is 0 Å². The molecule has 3 rings (SSSR count). The van der Waals surface area contributed by atoms with Crippen LogP contribution in [0.15, 0.2) is 53.4 Å². The number of aryl methyl sites for hydroxylation is 1. The highest BCUT2D eigenvalue weighted by atomic mass is 35.5. The molecule has 34 heavy (non-hydrogen) atoms. The van der Waals surface area contributed by atoms with Gasteiger partial charge in [-0.25, -0.2) is 18.6 Å². The Morgan fingerprint density at radius 1 is 1.12 bits per heavy atom. The van der Waals surface area contributed by atoms with Crippen molar-refractivity contribution >= 4 is 39.5 Å². The lowest BCUT2D eigenvalue weighted by Gasteiger charge is -2.42. The first-order valence-corrected chi connectivity index (χ1v) is 13.1. The topological polar surface area (TPSA) is 91.0 Å². The van der Waals surface area contributed by atoms with Crippen LogP contribution in [0.1, 0.15) is 43.5 Å². The van der Waals surface area contributed by atoms with E-state index in [1.807, 2.05) is 24.3 Å². The fourth-order valence-electron chi connectivity index (χ4n) is 3.70. The Kier molecular flexibility index (Phi) is 8.49. The van der Waals surface area contributed by atoms with Crippen LogP contribution in [0.2, 0.25) is 0 Å². The fraction of sp³-hybridized carbons (Fsp3) is 0.435. The van der Waals surface area contributed by atoms with Crippen molar-refractivity contribution in [1.82, 2.24) is 19.6 Å². The van der Waals surface area contributed by atoms with E-state index in [0.29, 0.717) is 5.56 Å². The van der Waals surface area contributed by atoms with E-state index in [9.17, 15) is 13.2 Å². The molecule has 186 valence electrons. The number of halogens is 2. The zero-order valence-corrected chi connectivity index (χ0v) is 21.9. The molecule has 1 amide bonds. The summed E-state index contributed by atoms with van der Waals surface area (Å²) in [4.78, 5) is 17.2. The lowest BCUT2D eigenvalue weighted by molar-refractivity contribution is 0.00324. The van der Waals surface area contributed by atoms with Crippen LogP contribution in [0.3, 0.4) is 0 Å². The number of carbonyl (C=O) groups is 1. The second-order valence-electron chi connectivity index (χ2n) is 9.09. The third kappa shape index (κ3) is 6.62. The molecule has 1 heterocycles. The first kappa shape index (κ1) is 26.7. The molecule has 1 fully saturated rings. The number of piperazine rings is 1. The highest BCUT2D eigenvalue weighted by Gasteiger charge is 2.38. The van der Waals surface area contributed by atoms with E-state index in [0.717, 1.165) is 11.1 Å². The molecule has 2 aromatic rings. The standard InChI is InChI=1S/C23H30Cl2N4O4S/c1-16-9-5-8-12-20(16)34(31,32)27-26-13-17-10-6-7-11-18(17)19-14-29(25)21(24)15-28(19)22(30)33-23(2,3)4/h5-12,19,21,26-27H,13-15H2,1-4H3. The van der Waals surface area contributed by atoms with Gasteiger partial charge in [0.2, 0.25) is 0 Å². The second-order valence-corrected chi connectivity index (χ2v) is 11.7. The molecule has 1 aliphatic rings. The minimum absolute atomic E-state index is 0.173. The summed E-state index contributed by atoms with van der Waals surface area (Å²) in [5, 5.41) is 0. The average molecular weight is 529 g/mol. The van der Waals surface area contributed by atoms with E-state index in [2.05, 4.69) is 10.3 Å². The van der Waals surface area contributed by atoms with Gasteiger partial charge < -0.3 is 4.74 Å². The summed E-state index contributed by atoms with van der Waals surface area (Å²) in [6, 6.07) is 13.8. The summed E-state index contributed by atoms with van der Waals surface area (Å²) >= 11 is 12.7. The molecule has 0 bridgehead atoms. The minimum atomic E-state index is -3.75. The molecule has 1 saturated heterocycles. The minimum Gasteiger partial charge on any atom is -0.444 e. The first-order valence-electron chi connectivity index (χ1n) is 10.8. The number of carbonyl (C=O) groups excluding carboxylic acids is 1. The molecular weight excluding hydrogens is 499 g/mol. The summed E-state index contributed by atoms with van der Waals surface area (Å²) in [7, 11) is -3.75. The number of rotatable bonds is 6. The Balaban J connectivity index is 1.81. The van der Waals surface area contributed by atoms with Crippen molar-refractivity contribution < 1.29 is 17.9 Å². The smallest absolute Gasteiger partial charge is 0.410 e. The van der Waals surface area contributed by atoms with Crippen LogP contribution in [0.5, 0.6) is 0 Å². The van der Waals surface area contributed by atoms with Crippen molar-refractivity contribution in [1.29, 1.82) is 0 Å². The van der Waals surface area contributed by atoms with Gasteiger partial charge >= 0.3 is 6.09 Å². The van der Waals surface area contributed by atoms with Crippen molar-refractivity contribution in [3.8, 4) is 0 Å². The third-order valence-electron chi connectivity index (χ3n) is 5.29. The van der Waals surface area contributed by atoms with Crippen LogP contribution in [-0.4, -0.2) is 48.0 Å². The van der Waals surface area contributed by atoms with Gasteiger partial charge in [-0.2, -0.15) is 4.42 Å². The zero-order chi connectivity index (χ0) is 25.1. The van der Waals surface area contributed by atoms with Crippen molar-refractivity contribution in [2.45, 2.75) is 56.3 Å². The molecule has 2 unspecified atom stereocenters. The SMILES string of the molecule is Cc1ccccc1S(=O)(=O)NNCc1ccccc1C1CN(Cl)C(Cl)CN1C(=O)OC(C)(C)C. The van der Waals surface area contributed by atoms with Gasteiger partial charge in [0.25, 0.3) is 10.0 Å². The average Bonchev–Trinajstić information content (AvgIpc) is 2.74. The largest absolute Gasteiger partial charge is 0.444 e.